The summed E-state index contributed by atoms with van der Waals surface area (Å²) < 4.78 is 94.2. The molecule has 3 aromatic rings. The van der Waals surface area contributed by atoms with Gasteiger partial charge in [0.2, 0.25) is 15.8 Å². The van der Waals surface area contributed by atoms with Gasteiger partial charge >= 0.3 is 6.18 Å². The highest BCUT2D eigenvalue weighted by molar-refractivity contribution is 7.89. The standard InChI is InChI=1S/C27H25F5N4O3S/c1-15-21(29)12-24(36(15)40(38,39)20-7-5-19(28)6-8-20)25(37)9-2-16-10-22(17-3-4-17)35-23(11-16)18-13-33-26(34-14-18)27(30,31)32/h5-8,10-11,13-15,17,21,24H,2-4,9,12H2,1H3/t15-,21+,24-/m0/s1. The van der Waals surface area contributed by atoms with E-state index in [1.54, 1.807) is 6.07 Å². The van der Waals surface area contributed by atoms with E-state index < -0.39 is 51.9 Å². The number of hydrogen-bond donors (Lipinski definition) is 0. The van der Waals surface area contributed by atoms with Gasteiger partial charge in [0, 0.05) is 42.4 Å². The Hall–Kier alpha value is -3.32. The molecule has 7 nitrogen and oxygen atoms in total. The van der Waals surface area contributed by atoms with Gasteiger partial charge in [0.15, 0.2) is 5.78 Å². The van der Waals surface area contributed by atoms with Gasteiger partial charge < -0.3 is 0 Å². The number of pyridine rings is 1. The van der Waals surface area contributed by atoms with Crippen LogP contribution >= 0.6 is 0 Å². The van der Waals surface area contributed by atoms with Crippen molar-refractivity contribution in [2.24, 2.45) is 0 Å². The molecule has 212 valence electrons. The fourth-order valence-corrected chi connectivity index (χ4v) is 6.71. The molecule has 0 N–H and O–H groups in total. The third kappa shape index (κ3) is 5.75. The molecular formula is C27H25F5N4O3S. The fourth-order valence-electron chi connectivity index (χ4n) is 4.88. The quantitative estimate of drug-likeness (QED) is 0.338. The molecular weight excluding hydrogens is 555 g/mol. The summed E-state index contributed by atoms with van der Waals surface area (Å²) in [7, 11) is -4.28. The van der Waals surface area contributed by atoms with Crippen LogP contribution in [0.4, 0.5) is 22.0 Å². The topological polar surface area (TPSA) is 93.1 Å². The van der Waals surface area contributed by atoms with E-state index in [4.69, 9.17) is 0 Å². The van der Waals surface area contributed by atoms with E-state index in [0.717, 1.165) is 59.5 Å². The van der Waals surface area contributed by atoms with Crippen LogP contribution in [-0.4, -0.2) is 51.7 Å². The van der Waals surface area contributed by atoms with Gasteiger partial charge in [-0.2, -0.15) is 17.5 Å². The van der Waals surface area contributed by atoms with E-state index in [9.17, 15) is 35.2 Å². The lowest BCUT2D eigenvalue weighted by Crippen LogP contribution is -2.44. The molecule has 0 radical (unpaired) electrons. The molecule has 3 heterocycles. The molecule has 2 fully saturated rings. The van der Waals surface area contributed by atoms with Crippen LogP contribution in [-0.2, 0) is 27.4 Å². The van der Waals surface area contributed by atoms with Crippen molar-refractivity contribution in [3.05, 3.63) is 71.7 Å². The van der Waals surface area contributed by atoms with Gasteiger partial charge in [0.1, 0.15) is 12.0 Å². The molecule has 2 aliphatic rings. The highest BCUT2D eigenvalue weighted by atomic mass is 32.2. The summed E-state index contributed by atoms with van der Waals surface area (Å²) in [6.45, 7) is 1.39. The highest BCUT2D eigenvalue weighted by Crippen LogP contribution is 2.40. The maximum atomic E-state index is 14.7. The minimum absolute atomic E-state index is 0.101. The predicted molar refractivity (Wildman–Crippen MR) is 134 cm³/mol. The monoisotopic (exact) mass is 580 g/mol. The Labute approximate surface area is 227 Å². The first-order valence-electron chi connectivity index (χ1n) is 12.7. The molecule has 3 atom stereocenters. The van der Waals surface area contributed by atoms with Crippen LogP contribution in [0.1, 0.15) is 55.6 Å². The molecule has 1 aliphatic heterocycles. The van der Waals surface area contributed by atoms with Gasteiger partial charge in [-0.25, -0.2) is 27.2 Å². The number of carbonyl (C=O) groups is 1. The first kappa shape index (κ1) is 28.2. The molecule has 5 rings (SSSR count). The second-order valence-corrected chi connectivity index (χ2v) is 12.0. The van der Waals surface area contributed by atoms with E-state index in [0.29, 0.717) is 11.3 Å². The van der Waals surface area contributed by atoms with Crippen molar-refractivity contribution >= 4 is 15.8 Å². The molecule has 0 amide bonds. The van der Waals surface area contributed by atoms with Gasteiger partial charge in [-0.1, -0.05) is 0 Å². The number of carbonyl (C=O) groups excluding carboxylic acids is 1. The molecule has 0 bridgehead atoms. The number of aromatic nitrogens is 3. The van der Waals surface area contributed by atoms with E-state index in [1.165, 1.54) is 6.92 Å². The van der Waals surface area contributed by atoms with E-state index >= 15 is 0 Å². The van der Waals surface area contributed by atoms with Crippen molar-refractivity contribution in [3.8, 4) is 11.3 Å². The van der Waals surface area contributed by atoms with E-state index in [-0.39, 0.29) is 35.6 Å². The Bertz CT molecular complexity index is 1510. The second kappa shape index (κ2) is 10.6. The number of benzene rings is 1. The zero-order chi connectivity index (χ0) is 28.8. The number of rotatable bonds is 8. The summed E-state index contributed by atoms with van der Waals surface area (Å²) in [5, 5.41) is 0. The number of ketones is 1. The zero-order valence-electron chi connectivity index (χ0n) is 21.3. The number of Topliss-reactive ketones (excluding diaryl/α,β-unsaturated/α-hetero) is 1. The summed E-state index contributed by atoms with van der Waals surface area (Å²) in [6, 6.07) is 5.26. The molecule has 0 unspecified atom stereocenters. The van der Waals surface area contributed by atoms with Gasteiger partial charge in [0.25, 0.3) is 0 Å². The average molecular weight is 581 g/mol. The summed E-state index contributed by atoms with van der Waals surface area (Å²) in [5.41, 5.74) is 2.05. The zero-order valence-corrected chi connectivity index (χ0v) is 22.1. The smallest absolute Gasteiger partial charge is 0.298 e. The van der Waals surface area contributed by atoms with Gasteiger partial charge in [-0.05, 0) is 68.1 Å². The normalized spacial score (nSPS) is 22.0. The molecule has 1 saturated heterocycles. The molecule has 2 aromatic heterocycles. The lowest BCUT2D eigenvalue weighted by molar-refractivity contribution is -0.145. The summed E-state index contributed by atoms with van der Waals surface area (Å²) in [6.07, 6.45) is -2.54. The Balaban J connectivity index is 1.37. The first-order valence-corrected chi connectivity index (χ1v) is 14.1. The van der Waals surface area contributed by atoms with Crippen LogP contribution in [0.5, 0.6) is 0 Å². The van der Waals surface area contributed by atoms with Crippen LogP contribution in [0.25, 0.3) is 11.3 Å². The lowest BCUT2D eigenvalue weighted by atomic mass is 10.00. The second-order valence-electron chi connectivity index (χ2n) is 10.1. The van der Waals surface area contributed by atoms with Crippen molar-refractivity contribution in [2.45, 2.75) is 74.3 Å². The number of hydrogen-bond acceptors (Lipinski definition) is 6. The number of alkyl halides is 4. The van der Waals surface area contributed by atoms with E-state index in [2.05, 4.69) is 15.0 Å². The Morgan fingerprint density at radius 1 is 1.07 bits per heavy atom. The van der Waals surface area contributed by atoms with Crippen LogP contribution < -0.4 is 0 Å². The Kier molecular flexibility index (Phi) is 7.47. The molecule has 40 heavy (non-hydrogen) atoms. The maximum absolute atomic E-state index is 14.7. The maximum Gasteiger partial charge on any atom is 0.451 e. The van der Waals surface area contributed by atoms with Crippen molar-refractivity contribution in [1.29, 1.82) is 0 Å². The molecule has 1 aromatic carbocycles. The number of nitrogens with zero attached hydrogens (tertiary/aromatic N) is 4. The van der Waals surface area contributed by atoms with Gasteiger partial charge in [-0.3, -0.25) is 9.78 Å². The van der Waals surface area contributed by atoms with E-state index in [1.807, 2.05) is 6.07 Å². The Morgan fingerprint density at radius 3 is 2.33 bits per heavy atom. The van der Waals surface area contributed by atoms with Crippen LogP contribution in [0, 0.1) is 5.82 Å². The first-order chi connectivity index (χ1) is 18.8. The third-order valence-electron chi connectivity index (χ3n) is 7.20. The Morgan fingerprint density at radius 2 is 1.73 bits per heavy atom. The molecule has 13 heteroatoms. The number of halogens is 5. The minimum atomic E-state index is -4.68. The fraction of sp³-hybridized carbons (Fsp3) is 0.407. The SMILES string of the molecule is C[C@H]1[C@H](F)C[C@@H](C(=O)CCc2cc(-c3cnc(C(F)(F)F)nc3)nc(C3CC3)c2)N1S(=O)(=O)c1ccc(F)cc1. The average Bonchev–Trinajstić information content (AvgIpc) is 3.72. The molecule has 0 spiro atoms. The van der Waals surface area contributed by atoms with Crippen molar-refractivity contribution in [3.63, 3.8) is 0 Å². The van der Waals surface area contributed by atoms with Crippen LogP contribution in [0.15, 0.2) is 53.7 Å². The van der Waals surface area contributed by atoms with Crippen molar-refractivity contribution in [2.75, 3.05) is 0 Å². The number of sulfonamides is 1. The van der Waals surface area contributed by atoms with Crippen molar-refractivity contribution < 1.29 is 35.2 Å². The van der Waals surface area contributed by atoms with Gasteiger partial charge in [-0.15, -0.1) is 0 Å². The predicted octanol–water partition coefficient (Wildman–Crippen LogP) is 5.27. The van der Waals surface area contributed by atoms with Crippen LogP contribution in [0.3, 0.4) is 0 Å². The number of aryl methyl sites for hydroxylation is 1. The summed E-state index contributed by atoms with van der Waals surface area (Å²) in [5.74, 6) is -2.17. The largest absolute Gasteiger partial charge is 0.451 e. The molecule has 1 aliphatic carbocycles. The van der Waals surface area contributed by atoms with Crippen molar-refractivity contribution in [1.82, 2.24) is 19.3 Å². The highest BCUT2D eigenvalue weighted by Gasteiger charge is 2.48. The minimum Gasteiger partial charge on any atom is -0.298 e. The molecule has 1 saturated carbocycles. The lowest BCUT2D eigenvalue weighted by Gasteiger charge is -2.26. The summed E-state index contributed by atoms with van der Waals surface area (Å²) >= 11 is 0. The summed E-state index contributed by atoms with van der Waals surface area (Å²) in [4.78, 5) is 24.4. The van der Waals surface area contributed by atoms with Crippen LogP contribution in [0.2, 0.25) is 0 Å². The third-order valence-corrected chi connectivity index (χ3v) is 9.21. The van der Waals surface area contributed by atoms with Gasteiger partial charge in [0.05, 0.1) is 22.7 Å².